The van der Waals surface area contributed by atoms with E-state index in [2.05, 4.69) is 17.2 Å². The Balaban J connectivity index is 1.78. The van der Waals surface area contributed by atoms with Gasteiger partial charge in [-0.3, -0.25) is 4.79 Å². The van der Waals surface area contributed by atoms with Crippen LogP contribution in [0.1, 0.15) is 30.2 Å². The summed E-state index contributed by atoms with van der Waals surface area (Å²) in [6, 6.07) is 14.7. The first kappa shape index (κ1) is 20.0. The lowest BCUT2D eigenvalue weighted by atomic mass is 10.1. The van der Waals surface area contributed by atoms with E-state index < -0.39 is 0 Å². The molecule has 0 aliphatic rings. The minimum Gasteiger partial charge on any atom is -0.392 e. The first-order valence-electron chi connectivity index (χ1n) is 9.19. The lowest BCUT2D eigenvalue weighted by Crippen LogP contribution is -2.17. The van der Waals surface area contributed by atoms with Gasteiger partial charge in [0.25, 0.3) is 0 Å². The van der Waals surface area contributed by atoms with Gasteiger partial charge < -0.3 is 10.4 Å². The van der Waals surface area contributed by atoms with Gasteiger partial charge in [0.05, 0.1) is 30.6 Å². The van der Waals surface area contributed by atoms with E-state index in [0.717, 1.165) is 34.5 Å². The molecule has 2 aromatic carbocycles. The molecule has 0 atom stereocenters. The van der Waals surface area contributed by atoms with Crippen LogP contribution in [0.5, 0.6) is 0 Å². The second-order valence-electron chi connectivity index (χ2n) is 6.51. The van der Waals surface area contributed by atoms with Crippen molar-refractivity contribution >= 4 is 23.3 Å². The Morgan fingerprint density at radius 3 is 2.39 bits per heavy atom. The summed E-state index contributed by atoms with van der Waals surface area (Å²) in [5.74, 6) is 0.352. The Hall–Kier alpha value is -2.76. The van der Waals surface area contributed by atoms with Crippen molar-refractivity contribution in [3.63, 3.8) is 0 Å². The van der Waals surface area contributed by atoms with Crippen LogP contribution >= 0.6 is 11.6 Å². The number of aliphatic hydroxyl groups excluding tert-OH is 1. The standard InChI is InChI=1S/C22H22ClN3O2/c1-2-3-19-22(26-21(28)12-15-6-10-18(23)11-7-15)24-13-20(25-19)17-8-4-16(14-27)5-9-17/h4-11,13,27H,2-3,12,14H2,1H3,(H,24,26,28). The number of carbonyl (C=O) groups excluding carboxylic acids is 1. The molecular formula is C22H22ClN3O2. The molecule has 6 heteroatoms. The van der Waals surface area contributed by atoms with Gasteiger partial charge in [0.2, 0.25) is 5.91 Å². The summed E-state index contributed by atoms with van der Waals surface area (Å²) >= 11 is 5.88. The molecule has 3 aromatic rings. The number of aryl methyl sites for hydroxylation is 1. The third-order valence-corrected chi connectivity index (χ3v) is 4.55. The molecule has 1 heterocycles. The zero-order valence-electron chi connectivity index (χ0n) is 15.7. The molecular weight excluding hydrogens is 374 g/mol. The lowest BCUT2D eigenvalue weighted by Gasteiger charge is -2.11. The lowest BCUT2D eigenvalue weighted by molar-refractivity contribution is -0.115. The van der Waals surface area contributed by atoms with Crippen molar-refractivity contribution in [3.8, 4) is 11.3 Å². The van der Waals surface area contributed by atoms with Gasteiger partial charge >= 0.3 is 0 Å². The van der Waals surface area contributed by atoms with E-state index in [9.17, 15) is 9.90 Å². The normalized spacial score (nSPS) is 10.7. The summed E-state index contributed by atoms with van der Waals surface area (Å²) in [5, 5.41) is 12.7. The first-order chi connectivity index (χ1) is 13.6. The van der Waals surface area contributed by atoms with Crippen molar-refractivity contribution in [1.82, 2.24) is 9.97 Å². The monoisotopic (exact) mass is 395 g/mol. The van der Waals surface area contributed by atoms with Crippen molar-refractivity contribution in [2.45, 2.75) is 32.8 Å². The number of benzene rings is 2. The van der Waals surface area contributed by atoms with Crippen molar-refractivity contribution in [2.75, 3.05) is 5.32 Å². The molecule has 1 amide bonds. The summed E-state index contributed by atoms with van der Waals surface area (Å²) in [5.41, 5.74) is 4.14. The molecule has 144 valence electrons. The third-order valence-electron chi connectivity index (χ3n) is 4.30. The average Bonchev–Trinajstić information content (AvgIpc) is 2.71. The zero-order valence-corrected chi connectivity index (χ0v) is 16.4. The smallest absolute Gasteiger partial charge is 0.229 e. The maximum Gasteiger partial charge on any atom is 0.229 e. The number of hydrogen-bond acceptors (Lipinski definition) is 4. The van der Waals surface area contributed by atoms with Gasteiger partial charge in [0, 0.05) is 10.6 Å². The van der Waals surface area contributed by atoms with Gasteiger partial charge in [-0.05, 0) is 29.7 Å². The minimum absolute atomic E-state index is 0.00559. The Bertz CT molecular complexity index is 941. The quantitative estimate of drug-likeness (QED) is 0.620. The molecule has 0 aliphatic heterocycles. The van der Waals surface area contributed by atoms with Gasteiger partial charge in [0.1, 0.15) is 0 Å². The average molecular weight is 396 g/mol. The van der Waals surface area contributed by atoms with Crippen molar-refractivity contribution in [2.24, 2.45) is 0 Å². The third kappa shape index (κ3) is 5.15. The summed E-state index contributed by atoms with van der Waals surface area (Å²) in [4.78, 5) is 21.6. The number of halogens is 1. The number of amides is 1. The second-order valence-corrected chi connectivity index (χ2v) is 6.94. The molecule has 3 rings (SSSR count). The fourth-order valence-electron chi connectivity index (χ4n) is 2.83. The van der Waals surface area contributed by atoms with Crippen LogP contribution < -0.4 is 5.32 Å². The van der Waals surface area contributed by atoms with Gasteiger partial charge in [-0.25, -0.2) is 9.97 Å². The fraction of sp³-hybridized carbons (Fsp3) is 0.227. The highest BCUT2D eigenvalue weighted by molar-refractivity contribution is 6.30. The van der Waals surface area contributed by atoms with E-state index in [1.54, 1.807) is 18.3 Å². The highest BCUT2D eigenvalue weighted by Crippen LogP contribution is 2.21. The van der Waals surface area contributed by atoms with Crippen LogP contribution in [0.4, 0.5) is 5.82 Å². The van der Waals surface area contributed by atoms with E-state index in [1.165, 1.54) is 0 Å². The summed E-state index contributed by atoms with van der Waals surface area (Å²) < 4.78 is 0. The van der Waals surface area contributed by atoms with Gasteiger partial charge in [-0.2, -0.15) is 0 Å². The first-order valence-corrected chi connectivity index (χ1v) is 9.57. The molecule has 0 saturated carbocycles. The Kier molecular flexibility index (Phi) is 6.74. The van der Waals surface area contributed by atoms with Crippen LogP contribution in [-0.2, 0) is 24.2 Å². The minimum atomic E-state index is -0.144. The van der Waals surface area contributed by atoms with Crippen LogP contribution in [0.2, 0.25) is 5.02 Å². The fourth-order valence-corrected chi connectivity index (χ4v) is 2.95. The molecule has 0 radical (unpaired) electrons. The molecule has 1 aromatic heterocycles. The number of rotatable bonds is 7. The van der Waals surface area contributed by atoms with Crippen molar-refractivity contribution in [1.29, 1.82) is 0 Å². The number of aromatic nitrogens is 2. The topological polar surface area (TPSA) is 75.1 Å². The van der Waals surface area contributed by atoms with E-state index in [0.29, 0.717) is 17.3 Å². The SMILES string of the molecule is CCCc1nc(-c2ccc(CO)cc2)cnc1NC(=O)Cc1ccc(Cl)cc1. The molecule has 5 nitrogen and oxygen atoms in total. The Labute approximate surface area is 169 Å². The van der Waals surface area contributed by atoms with Gasteiger partial charge in [0.15, 0.2) is 5.82 Å². The van der Waals surface area contributed by atoms with E-state index in [1.807, 2.05) is 36.4 Å². The van der Waals surface area contributed by atoms with Gasteiger partial charge in [-0.1, -0.05) is 61.3 Å². The maximum atomic E-state index is 12.4. The molecule has 0 fully saturated rings. The van der Waals surface area contributed by atoms with Crippen LogP contribution in [-0.4, -0.2) is 21.0 Å². The molecule has 2 N–H and O–H groups in total. The zero-order chi connectivity index (χ0) is 19.9. The Morgan fingerprint density at radius 1 is 1.07 bits per heavy atom. The maximum absolute atomic E-state index is 12.4. The van der Waals surface area contributed by atoms with Crippen LogP contribution in [0.25, 0.3) is 11.3 Å². The highest BCUT2D eigenvalue weighted by Gasteiger charge is 2.12. The number of nitrogens with one attached hydrogen (secondary N) is 1. The van der Waals surface area contributed by atoms with Crippen LogP contribution in [0.3, 0.4) is 0 Å². The summed E-state index contributed by atoms with van der Waals surface area (Å²) in [7, 11) is 0. The predicted octanol–water partition coefficient (Wildman–Crippen LogP) is 4.42. The summed E-state index contributed by atoms with van der Waals surface area (Å²) in [6.45, 7) is 2.06. The number of anilines is 1. The number of aliphatic hydroxyl groups is 1. The Morgan fingerprint density at radius 2 is 1.75 bits per heavy atom. The van der Waals surface area contributed by atoms with E-state index in [4.69, 9.17) is 16.6 Å². The molecule has 0 aliphatic carbocycles. The number of carbonyl (C=O) groups is 1. The molecule has 0 bridgehead atoms. The molecule has 0 unspecified atom stereocenters. The van der Waals surface area contributed by atoms with Crippen molar-refractivity contribution in [3.05, 3.63) is 76.6 Å². The van der Waals surface area contributed by atoms with E-state index >= 15 is 0 Å². The van der Waals surface area contributed by atoms with E-state index in [-0.39, 0.29) is 18.9 Å². The number of nitrogens with zero attached hydrogens (tertiary/aromatic N) is 2. The van der Waals surface area contributed by atoms with Gasteiger partial charge in [-0.15, -0.1) is 0 Å². The molecule has 0 saturated heterocycles. The molecule has 0 spiro atoms. The molecule has 28 heavy (non-hydrogen) atoms. The highest BCUT2D eigenvalue weighted by atomic mass is 35.5. The van der Waals surface area contributed by atoms with Crippen LogP contribution in [0, 0.1) is 0 Å². The predicted molar refractivity (Wildman–Crippen MR) is 111 cm³/mol. The largest absolute Gasteiger partial charge is 0.392 e. The summed E-state index contributed by atoms with van der Waals surface area (Å²) in [6.07, 6.45) is 3.51. The van der Waals surface area contributed by atoms with Crippen molar-refractivity contribution < 1.29 is 9.90 Å². The van der Waals surface area contributed by atoms with Crippen LogP contribution in [0.15, 0.2) is 54.7 Å². The second kappa shape index (κ2) is 9.44. The number of hydrogen-bond donors (Lipinski definition) is 2.